The Labute approximate surface area is 118 Å². The minimum atomic E-state index is -4.04. The molecule has 1 aromatic heterocycles. The summed E-state index contributed by atoms with van der Waals surface area (Å²) in [4.78, 5) is 14.5. The zero-order chi connectivity index (χ0) is 14.9. The van der Waals surface area contributed by atoms with Crippen LogP contribution >= 0.6 is 11.3 Å². The van der Waals surface area contributed by atoms with Gasteiger partial charge in [-0.25, -0.2) is 18.2 Å². The maximum Gasteiger partial charge on any atom is 0.356 e. The number of carboxylic acid groups (broad SMARTS) is 1. The highest BCUT2D eigenvalue weighted by Crippen LogP contribution is 2.28. The van der Waals surface area contributed by atoms with Crippen molar-refractivity contribution in [2.45, 2.75) is 4.21 Å². The zero-order valence-electron chi connectivity index (χ0n) is 10.2. The van der Waals surface area contributed by atoms with E-state index in [-0.39, 0.29) is 15.6 Å². The van der Waals surface area contributed by atoms with Crippen LogP contribution in [-0.4, -0.2) is 36.6 Å². The molecular weight excluding hydrogens is 304 g/mol. The van der Waals surface area contributed by atoms with E-state index >= 15 is 0 Å². The number of anilines is 1. The Bertz CT molecular complexity index is 754. The van der Waals surface area contributed by atoms with E-state index < -0.39 is 21.7 Å². The van der Waals surface area contributed by atoms with E-state index in [1.165, 1.54) is 31.3 Å². The molecule has 0 saturated carbocycles. The van der Waals surface area contributed by atoms with Crippen molar-refractivity contribution in [1.29, 1.82) is 0 Å². The maximum absolute atomic E-state index is 12.4. The first-order valence-electron chi connectivity index (χ1n) is 5.29. The largest absolute Gasteiger partial charge is 0.508 e. The van der Waals surface area contributed by atoms with Crippen LogP contribution in [0.5, 0.6) is 5.75 Å². The van der Waals surface area contributed by atoms with Crippen LogP contribution in [0.25, 0.3) is 0 Å². The van der Waals surface area contributed by atoms with Gasteiger partial charge in [-0.05, 0) is 12.1 Å². The maximum atomic E-state index is 12.4. The van der Waals surface area contributed by atoms with Crippen LogP contribution < -0.4 is 4.31 Å². The molecule has 0 spiro atoms. The fourth-order valence-electron chi connectivity index (χ4n) is 1.51. The monoisotopic (exact) mass is 314 g/mol. The van der Waals surface area contributed by atoms with Crippen LogP contribution in [0.4, 0.5) is 5.69 Å². The van der Waals surface area contributed by atoms with Crippen LogP contribution in [0.3, 0.4) is 0 Å². The van der Waals surface area contributed by atoms with E-state index in [1.54, 1.807) is 0 Å². The van der Waals surface area contributed by atoms with Crippen molar-refractivity contribution in [3.05, 3.63) is 35.5 Å². The number of benzene rings is 1. The molecule has 0 amide bonds. The van der Waals surface area contributed by atoms with Crippen molar-refractivity contribution in [3.8, 4) is 5.75 Å². The molecule has 0 saturated heterocycles. The smallest absolute Gasteiger partial charge is 0.356 e. The summed E-state index contributed by atoms with van der Waals surface area (Å²) in [6.07, 6.45) is 0. The van der Waals surface area contributed by atoms with E-state index in [1.807, 2.05) is 0 Å². The molecular formula is C11H10N2O5S2. The van der Waals surface area contributed by atoms with E-state index in [4.69, 9.17) is 5.11 Å². The predicted octanol–water partition coefficient (Wildman–Crippen LogP) is 1.37. The Balaban J connectivity index is 2.50. The van der Waals surface area contributed by atoms with Gasteiger partial charge in [0.2, 0.25) is 0 Å². The quantitative estimate of drug-likeness (QED) is 0.882. The van der Waals surface area contributed by atoms with Crippen molar-refractivity contribution >= 4 is 33.0 Å². The van der Waals surface area contributed by atoms with Gasteiger partial charge in [-0.15, -0.1) is 11.3 Å². The van der Waals surface area contributed by atoms with Crippen LogP contribution in [-0.2, 0) is 10.0 Å². The summed E-state index contributed by atoms with van der Waals surface area (Å²) in [5.74, 6) is -1.50. The lowest BCUT2D eigenvalue weighted by molar-refractivity contribution is 0.0687. The zero-order valence-corrected chi connectivity index (χ0v) is 11.8. The average molecular weight is 314 g/mol. The molecule has 2 aromatic rings. The van der Waals surface area contributed by atoms with Gasteiger partial charge in [0.15, 0.2) is 9.90 Å². The first kappa shape index (κ1) is 14.3. The third-order valence-electron chi connectivity index (χ3n) is 2.53. The van der Waals surface area contributed by atoms with Gasteiger partial charge in [0, 0.05) is 13.1 Å². The number of aromatic nitrogens is 1. The Morgan fingerprint density at radius 1 is 1.40 bits per heavy atom. The molecule has 0 aliphatic heterocycles. The second kappa shape index (κ2) is 5.10. The number of aromatic hydroxyl groups is 1. The minimum Gasteiger partial charge on any atom is -0.508 e. The number of hydrogen-bond acceptors (Lipinski definition) is 6. The molecule has 1 aromatic carbocycles. The molecule has 0 aliphatic rings. The summed E-state index contributed by atoms with van der Waals surface area (Å²) in [6.45, 7) is 0. The van der Waals surface area contributed by atoms with Gasteiger partial charge in [-0.1, -0.05) is 6.07 Å². The minimum absolute atomic E-state index is 0.0905. The third-order valence-corrected chi connectivity index (χ3v) is 5.66. The number of carboxylic acids is 1. The number of phenols is 1. The van der Waals surface area contributed by atoms with Gasteiger partial charge >= 0.3 is 5.97 Å². The first-order chi connectivity index (χ1) is 9.34. The first-order valence-corrected chi connectivity index (χ1v) is 7.60. The molecule has 0 aliphatic carbocycles. The molecule has 0 bridgehead atoms. The lowest BCUT2D eigenvalue weighted by atomic mass is 10.3. The Morgan fingerprint density at radius 2 is 2.10 bits per heavy atom. The highest BCUT2D eigenvalue weighted by Gasteiger charge is 2.29. The normalized spacial score (nSPS) is 11.2. The molecule has 2 N–H and O–H groups in total. The molecule has 106 valence electrons. The van der Waals surface area contributed by atoms with Crippen molar-refractivity contribution in [2.75, 3.05) is 11.4 Å². The van der Waals surface area contributed by atoms with E-state index in [0.29, 0.717) is 0 Å². The summed E-state index contributed by atoms with van der Waals surface area (Å²) < 4.78 is 25.3. The van der Waals surface area contributed by atoms with Crippen LogP contribution in [0, 0.1) is 0 Å². The lowest BCUT2D eigenvalue weighted by Gasteiger charge is -2.18. The fourth-order valence-corrected chi connectivity index (χ4v) is 3.99. The molecule has 2 rings (SSSR count). The number of rotatable bonds is 4. The number of thiazole rings is 1. The fraction of sp³-hybridized carbons (Fsp3) is 0.0909. The van der Waals surface area contributed by atoms with Crippen molar-refractivity contribution in [3.63, 3.8) is 0 Å². The number of nitrogens with zero attached hydrogens (tertiary/aromatic N) is 2. The molecule has 9 heteroatoms. The van der Waals surface area contributed by atoms with Gasteiger partial charge in [0.05, 0.1) is 11.2 Å². The van der Waals surface area contributed by atoms with Gasteiger partial charge in [0.25, 0.3) is 10.0 Å². The summed E-state index contributed by atoms with van der Waals surface area (Å²) in [7, 11) is -2.77. The van der Waals surface area contributed by atoms with Crippen molar-refractivity contribution in [1.82, 2.24) is 4.98 Å². The lowest BCUT2D eigenvalue weighted by Crippen LogP contribution is -2.27. The predicted molar refractivity (Wildman–Crippen MR) is 72.8 cm³/mol. The molecule has 7 nitrogen and oxygen atoms in total. The number of sulfonamides is 1. The van der Waals surface area contributed by atoms with Gasteiger partial charge < -0.3 is 10.2 Å². The SMILES string of the molecule is CN(c1cccc(O)c1)S(=O)(=O)c1scnc1C(=O)O. The Morgan fingerprint density at radius 3 is 2.70 bits per heavy atom. The summed E-state index contributed by atoms with van der Waals surface area (Å²) in [5.41, 5.74) is 0.865. The number of carbonyl (C=O) groups is 1. The Hall–Kier alpha value is -2.13. The van der Waals surface area contributed by atoms with Crippen molar-refractivity contribution < 1.29 is 23.4 Å². The number of aromatic carboxylic acids is 1. The molecule has 1 heterocycles. The Kier molecular flexibility index (Phi) is 3.64. The van der Waals surface area contributed by atoms with Crippen LogP contribution in [0.2, 0.25) is 0 Å². The standard InChI is InChI=1S/C11H10N2O5S2/c1-13(7-3-2-4-8(14)5-7)20(17,18)11-9(10(15)16)12-6-19-11/h2-6,14H,1H3,(H,15,16). The molecule has 0 unspecified atom stereocenters. The molecule has 20 heavy (non-hydrogen) atoms. The van der Waals surface area contributed by atoms with Crippen LogP contribution in [0.1, 0.15) is 10.5 Å². The summed E-state index contributed by atoms with van der Waals surface area (Å²) >= 11 is 0.728. The summed E-state index contributed by atoms with van der Waals surface area (Å²) in [6, 6.07) is 5.64. The highest BCUT2D eigenvalue weighted by molar-refractivity contribution is 7.94. The van der Waals surface area contributed by atoms with Crippen molar-refractivity contribution in [2.24, 2.45) is 0 Å². The van der Waals surface area contributed by atoms with Gasteiger partial charge in [0.1, 0.15) is 5.75 Å². The summed E-state index contributed by atoms with van der Waals surface area (Å²) in [5, 5.41) is 18.3. The average Bonchev–Trinajstić information content (AvgIpc) is 2.87. The topological polar surface area (TPSA) is 108 Å². The van der Waals surface area contributed by atoms with E-state index in [0.717, 1.165) is 21.2 Å². The van der Waals surface area contributed by atoms with E-state index in [2.05, 4.69) is 4.98 Å². The number of phenolic OH excluding ortho intramolecular Hbond substituents is 1. The molecule has 0 fully saturated rings. The highest BCUT2D eigenvalue weighted by atomic mass is 32.2. The second-order valence-corrected chi connectivity index (χ2v) is 6.81. The second-order valence-electron chi connectivity index (χ2n) is 3.79. The van der Waals surface area contributed by atoms with Crippen LogP contribution in [0.15, 0.2) is 34.0 Å². The molecule has 0 atom stereocenters. The number of hydrogen-bond donors (Lipinski definition) is 2. The van der Waals surface area contributed by atoms with Gasteiger partial charge in [-0.3, -0.25) is 4.31 Å². The van der Waals surface area contributed by atoms with E-state index in [9.17, 15) is 18.3 Å². The van der Waals surface area contributed by atoms with Gasteiger partial charge in [-0.2, -0.15) is 0 Å². The third kappa shape index (κ3) is 2.45. The molecule has 0 radical (unpaired) electrons.